The van der Waals surface area contributed by atoms with E-state index in [2.05, 4.69) is 10.3 Å². The van der Waals surface area contributed by atoms with Crippen molar-refractivity contribution in [3.05, 3.63) is 59.9 Å². The van der Waals surface area contributed by atoms with Crippen LogP contribution in [0.1, 0.15) is 42.6 Å². The van der Waals surface area contributed by atoms with E-state index in [4.69, 9.17) is 0 Å². The molecule has 4 rings (SSSR count). The summed E-state index contributed by atoms with van der Waals surface area (Å²) in [6, 6.07) is 8.57. The number of carbonyl (C=O) groups is 2. The molecule has 1 aromatic heterocycles. The van der Waals surface area contributed by atoms with E-state index in [9.17, 15) is 18.4 Å². The van der Waals surface area contributed by atoms with E-state index in [1.54, 1.807) is 24.4 Å². The molecule has 1 aliphatic carbocycles. The van der Waals surface area contributed by atoms with Crippen LogP contribution in [0.5, 0.6) is 0 Å². The minimum atomic E-state index is -0.963. The molecule has 2 amide bonds. The van der Waals surface area contributed by atoms with Crippen molar-refractivity contribution in [1.82, 2.24) is 10.3 Å². The van der Waals surface area contributed by atoms with Crippen LogP contribution in [0.25, 0.3) is 0 Å². The lowest BCUT2D eigenvalue weighted by Crippen LogP contribution is -2.46. The highest BCUT2D eigenvalue weighted by Crippen LogP contribution is 2.46. The molecule has 2 fully saturated rings. The van der Waals surface area contributed by atoms with Crippen LogP contribution in [0.3, 0.4) is 0 Å². The van der Waals surface area contributed by atoms with E-state index < -0.39 is 17.0 Å². The van der Waals surface area contributed by atoms with Crippen LogP contribution < -0.4 is 10.2 Å². The van der Waals surface area contributed by atoms with E-state index in [1.807, 2.05) is 0 Å². The number of amides is 2. The van der Waals surface area contributed by atoms with Gasteiger partial charge in [0.05, 0.1) is 5.41 Å². The van der Waals surface area contributed by atoms with Crippen molar-refractivity contribution < 1.29 is 18.4 Å². The quantitative estimate of drug-likeness (QED) is 0.880. The van der Waals surface area contributed by atoms with Crippen molar-refractivity contribution in [3.8, 4) is 0 Å². The zero-order valence-electron chi connectivity index (χ0n) is 15.3. The molecule has 1 aromatic carbocycles. The van der Waals surface area contributed by atoms with Gasteiger partial charge < -0.3 is 10.2 Å². The third-order valence-electron chi connectivity index (χ3n) is 5.81. The average molecular weight is 385 g/mol. The Balaban J connectivity index is 1.48. The second kappa shape index (κ2) is 7.30. The van der Waals surface area contributed by atoms with Crippen LogP contribution in [0, 0.1) is 17.0 Å². The highest BCUT2D eigenvalue weighted by Gasteiger charge is 2.49. The van der Waals surface area contributed by atoms with Crippen LogP contribution in [-0.4, -0.2) is 29.4 Å². The fourth-order valence-corrected chi connectivity index (χ4v) is 4.38. The maximum absolute atomic E-state index is 13.6. The largest absolute Gasteiger partial charge is 0.348 e. The topological polar surface area (TPSA) is 62.3 Å². The van der Waals surface area contributed by atoms with Crippen LogP contribution >= 0.6 is 0 Å². The first-order valence-corrected chi connectivity index (χ1v) is 9.47. The zero-order chi connectivity index (χ0) is 19.7. The van der Waals surface area contributed by atoms with Gasteiger partial charge in [0.1, 0.15) is 5.69 Å². The molecule has 1 saturated carbocycles. The molecule has 1 N–H and O–H groups in total. The van der Waals surface area contributed by atoms with Gasteiger partial charge in [-0.05, 0) is 49.9 Å². The number of anilines is 1. The number of hydrogen-bond acceptors (Lipinski definition) is 3. The number of halogens is 2. The Morgan fingerprint density at radius 2 is 2.04 bits per heavy atom. The Hall–Kier alpha value is -2.83. The van der Waals surface area contributed by atoms with Crippen molar-refractivity contribution in [2.75, 3.05) is 11.4 Å². The van der Waals surface area contributed by atoms with Gasteiger partial charge in [-0.1, -0.05) is 12.5 Å². The summed E-state index contributed by atoms with van der Waals surface area (Å²) >= 11 is 0. The maximum atomic E-state index is 13.6. The number of rotatable bonds is 3. The fraction of sp³-hybridized carbons (Fsp3) is 0.381. The molecule has 7 heteroatoms. The van der Waals surface area contributed by atoms with Gasteiger partial charge in [0.15, 0.2) is 11.6 Å². The van der Waals surface area contributed by atoms with Crippen molar-refractivity contribution in [1.29, 1.82) is 0 Å². The van der Waals surface area contributed by atoms with E-state index in [0.717, 1.165) is 31.4 Å². The summed E-state index contributed by atoms with van der Waals surface area (Å²) in [4.78, 5) is 31.2. The first-order valence-electron chi connectivity index (χ1n) is 9.47. The molecular formula is C21H21F2N3O2. The maximum Gasteiger partial charge on any atom is 0.270 e. The number of nitrogens with one attached hydrogen (secondary N) is 1. The Morgan fingerprint density at radius 3 is 2.79 bits per heavy atom. The first-order chi connectivity index (χ1) is 13.5. The molecular weight excluding hydrogens is 364 g/mol. The summed E-state index contributed by atoms with van der Waals surface area (Å²) < 4.78 is 26.8. The summed E-state index contributed by atoms with van der Waals surface area (Å²) in [7, 11) is 0. The Morgan fingerprint density at radius 1 is 1.18 bits per heavy atom. The highest BCUT2D eigenvalue weighted by atomic mass is 19.2. The number of nitrogens with zero attached hydrogens (tertiary/aromatic N) is 2. The molecule has 146 valence electrons. The molecule has 2 heterocycles. The molecule has 2 aliphatic rings. The SMILES string of the molecule is O=C(NC1CCCC2(CCN(c3ccc(F)c(F)c3)C2=O)C1)c1ccccn1. The Labute approximate surface area is 161 Å². The molecule has 2 aromatic rings. The van der Waals surface area contributed by atoms with Gasteiger partial charge in [0.2, 0.25) is 5.91 Å². The van der Waals surface area contributed by atoms with Gasteiger partial charge >= 0.3 is 0 Å². The molecule has 0 bridgehead atoms. The molecule has 0 radical (unpaired) electrons. The Bertz CT molecular complexity index is 906. The highest BCUT2D eigenvalue weighted by molar-refractivity contribution is 6.00. The summed E-state index contributed by atoms with van der Waals surface area (Å²) in [5.74, 6) is -2.21. The Kier molecular flexibility index (Phi) is 4.83. The lowest BCUT2D eigenvalue weighted by Gasteiger charge is -2.36. The van der Waals surface area contributed by atoms with E-state index in [1.165, 1.54) is 11.0 Å². The zero-order valence-corrected chi connectivity index (χ0v) is 15.3. The minimum Gasteiger partial charge on any atom is -0.348 e. The summed E-state index contributed by atoms with van der Waals surface area (Å²) in [5, 5.41) is 3.00. The molecule has 2 unspecified atom stereocenters. The van der Waals surface area contributed by atoms with Crippen molar-refractivity contribution in [2.24, 2.45) is 5.41 Å². The van der Waals surface area contributed by atoms with E-state index >= 15 is 0 Å². The van der Waals surface area contributed by atoms with Crippen molar-refractivity contribution in [3.63, 3.8) is 0 Å². The normalized spacial score (nSPS) is 24.6. The summed E-state index contributed by atoms with van der Waals surface area (Å²) in [6.45, 7) is 0.463. The van der Waals surface area contributed by atoms with Gasteiger partial charge in [-0.2, -0.15) is 0 Å². The smallest absolute Gasteiger partial charge is 0.270 e. The number of aromatic nitrogens is 1. The lowest BCUT2D eigenvalue weighted by atomic mass is 9.71. The minimum absolute atomic E-state index is 0.0738. The number of carbonyl (C=O) groups excluding carboxylic acids is 2. The molecule has 1 saturated heterocycles. The average Bonchev–Trinajstić information content (AvgIpc) is 3.00. The van der Waals surface area contributed by atoms with Gasteiger partial charge in [0.25, 0.3) is 5.91 Å². The van der Waals surface area contributed by atoms with Gasteiger partial charge in [-0.25, -0.2) is 8.78 Å². The summed E-state index contributed by atoms with van der Waals surface area (Å²) in [6.07, 6.45) is 5.12. The van der Waals surface area contributed by atoms with Gasteiger partial charge in [-0.15, -0.1) is 0 Å². The standard InChI is InChI=1S/C21H21F2N3O2/c22-16-7-6-15(12-17(16)23)26-11-9-21(20(26)28)8-3-4-14(13-21)25-19(27)18-5-1-2-10-24-18/h1-2,5-7,10,12,14H,3-4,8-9,11,13H2,(H,25,27). The third-order valence-corrected chi connectivity index (χ3v) is 5.81. The predicted octanol–water partition coefficient (Wildman–Crippen LogP) is 3.46. The number of benzene rings is 1. The second-order valence-corrected chi connectivity index (χ2v) is 7.57. The van der Waals surface area contributed by atoms with Crippen molar-refractivity contribution in [2.45, 2.75) is 38.1 Å². The molecule has 1 spiro atoms. The molecule has 2 atom stereocenters. The third kappa shape index (κ3) is 3.37. The van der Waals surface area contributed by atoms with Gasteiger partial charge in [-0.3, -0.25) is 14.6 Å². The predicted molar refractivity (Wildman–Crippen MR) is 99.7 cm³/mol. The van der Waals surface area contributed by atoms with E-state index in [0.29, 0.717) is 30.8 Å². The van der Waals surface area contributed by atoms with Crippen LogP contribution in [-0.2, 0) is 4.79 Å². The first kappa shape index (κ1) is 18.5. The van der Waals surface area contributed by atoms with Crippen LogP contribution in [0.4, 0.5) is 14.5 Å². The van der Waals surface area contributed by atoms with Crippen LogP contribution in [0.2, 0.25) is 0 Å². The number of hydrogen-bond donors (Lipinski definition) is 1. The molecule has 5 nitrogen and oxygen atoms in total. The lowest BCUT2D eigenvalue weighted by molar-refractivity contribution is -0.127. The summed E-state index contributed by atoms with van der Waals surface area (Å²) in [5.41, 5.74) is 0.161. The second-order valence-electron chi connectivity index (χ2n) is 7.57. The molecule has 1 aliphatic heterocycles. The van der Waals surface area contributed by atoms with Gasteiger partial charge in [0, 0.05) is 30.5 Å². The number of pyridine rings is 1. The van der Waals surface area contributed by atoms with E-state index in [-0.39, 0.29) is 17.9 Å². The fourth-order valence-electron chi connectivity index (χ4n) is 4.38. The monoisotopic (exact) mass is 385 g/mol. The van der Waals surface area contributed by atoms with Crippen molar-refractivity contribution >= 4 is 17.5 Å². The van der Waals surface area contributed by atoms with Crippen LogP contribution in [0.15, 0.2) is 42.6 Å². The molecule has 28 heavy (non-hydrogen) atoms.